The Morgan fingerprint density at radius 1 is 0.968 bits per heavy atom. The average Bonchev–Trinajstić information content (AvgIpc) is 3.58. The van der Waals surface area contributed by atoms with Gasteiger partial charge in [0.15, 0.2) is 0 Å². The van der Waals surface area contributed by atoms with Crippen molar-refractivity contribution < 1.29 is 18.5 Å². The van der Waals surface area contributed by atoms with E-state index in [1.54, 1.807) is 12.0 Å². The zero-order chi connectivity index (χ0) is 21.6. The molecule has 3 fully saturated rings. The smallest absolute Gasteiger partial charge is 0.240 e. The second kappa shape index (κ2) is 7.48. The lowest BCUT2D eigenvalue weighted by Crippen LogP contribution is -2.57. The van der Waals surface area contributed by atoms with Crippen LogP contribution in [0.1, 0.15) is 31.2 Å². The maximum absolute atomic E-state index is 13.5. The summed E-state index contributed by atoms with van der Waals surface area (Å²) in [5.41, 5.74) is 1.37. The molecule has 2 heterocycles. The SMILES string of the molecule is COc1ccc(C2(C(=O)N3CCC4(CC3)N(c3ccccc3)C(=O)CS4=O)CC2)cc1. The number of anilines is 1. The molecule has 1 spiro atoms. The quantitative estimate of drug-likeness (QED) is 0.736. The number of likely N-dealkylation sites (tertiary alicyclic amines) is 1. The molecule has 162 valence electrons. The summed E-state index contributed by atoms with van der Waals surface area (Å²) in [7, 11) is 0.355. The molecule has 1 unspecified atom stereocenters. The largest absolute Gasteiger partial charge is 0.497 e. The Labute approximate surface area is 184 Å². The first-order chi connectivity index (χ1) is 15.0. The van der Waals surface area contributed by atoms with Crippen LogP contribution in [-0.4, -0.2) is 51.7 Å². The standard InChI is InChI=1S/C24H26N2O4S/c1-30-20-9-7-18(8-10-20)23(11-12-23)22(28)25-15-13-24(14-16-25)26(21(27)17-31(24)29)19-5-3-2-4-6-19/h2-10H,11-17H2,1H3. The van der Waals surface area contributed by atoms with E-state index in [2.05, 4.69) is 0 Å². The minimum Gasteiger partial charge on any atom is -0.497 e. The molecule has 2 aromatic rings. The van der Waals surface area contributed by atoms with Gasteiger partial charge in [-0.15, -0.1) is 0 Å². The summed E-state index contributed by atoms with van der Waals surface area (Å²) in [5.74, 6) is 0.884. The lowest BCUT2D eigenvalue weighted by molar-refractivity contribution is -0.135. The molecule has 3 aliphatic rings. The molecule has 0 aromatic heterocycles. The van der Waals surface area contributed by atoms with Gasteiger partial charge >= 0.3 is 0 Å². The number of hydrogen-bond donors (Lipinski definition) is 0. The Balaban J connectivity index is 1.35. The van der Waals surface area contributed by atoms with Crippen LogP contribution >= 0.6 is 0 Å². The Hall–Kier alpha value is -2.67. The van der Waals surface area contributed by atoms with Crippen molar-refractivity contribution in [3.05, 3.63) is 60.2 Å². The fourth-order valence-corrected chi connectivity index (χ4v) is 6.74. The number of nitrogens with zero attached hydrogens (tertiary/aromatic N) is 2. The number of carbonyl (C=O) groups excluding carboxylic acids is 2. The molecule has 1 atom stereocenters. The summed E-state index contributed by atoms with van der Waals surface area (Å²) >= 11 is 0. The molecular weight excluding hydrogens is 412 g/mol. The Morgan fingerprint density at radius 2 is 1.61 bits per heavy atom. The number of methoxy groups -OCH3 is 1. The van der Waals surface area contributed by atoms with E-state index >= 15 is 0 Å². The molecule has 2 aliphatic heterocycles. The van der Waals surface area contributed by atoms with Crippen molar-refractivity contribution in [1.29, 1.82) is 0 Å². The molecule has 5 rings (SSSR count). The molecule has 0 radical (unpaired) electrons. The predicted octanol–water partition coefficient (Wildman–Crippen LogP) is 2.84. The van der Waals surface area contributed by atoms with Gasteiger partial charge in [-0.1, -0.05) is 30.3 Å². The number of hydrogen-bond acceptors (Lipinski definition) is 4. The summed E-state index contributed by atoms with van der Waals surface area (Å²) in [6.45, 7) is 1.03. The summed E-state index contributed by atoms with van der Waals surface area (Å²) < 4.78 is 18.3. The highest BCUT2D eigenvalue weighted by molar-refractivity contribution is 7.88. The minimum atomic E-state index is -1.28. The lowest BCUT2D eigenvalue weighted by atomic mass is 9.92. The van der Waals surface area contributed by atoms with Crippen LogP contribution in [-0.2, 0) is 25.8 Å². The average molecular weight is 439 g/mol. The number of carbonyl (C=O) groups is 2. The molecule has 6 nitrogen and oxygen atoms in total. The van der Waals surface area contributed by atoms with Crippen LogP contribution in [0.2, 0.25) is 0 Å². The first-order valence-corrected chi connectivity index (χ1v) is 12.0. The third-order valence-corrected chi connectivity index (χ3v) is 8.93. The molecule has 0 bridgehead atoms. The van der Waals surface area contributed by atoms with Crippen molar-refractivity contribution in [3.63, 3.8) is 0 Å². The maximum Gasteiger partial charge on any atom is 0.240 e. The molecule has 1 saturated carbocycles. The van der Waals surface area contributed by atoms with Crippen LogP contribution in [0.3, 0.4) is 0 Å². The van der Waals surface area contributed by atoms with E-state index in [0.717, 1.165) is 29.8 Å². The number of rotatable bonds is 4. The molecule has 2 saturated heterocycles. The molecule has 2 amide bonds. The van der Waals surface area contributed by atoms with E-state index in [1.165, 1.54) is 0 Å². The fraction of sp³-hybridized carbons (Fsp3) is 0.417. The summed E-state index contributed by atoms with van der Waals surface area (Å²) in [6, 6.07) is 17.2. The van der Waals surface area contributed by atoms with E-state index in [4.69, 9.17) is 4.74 Å². The van der Waals surface area contributed by atoms with Gasteiger partial charge in [0.2, 0.25) is 11.8 Å². The maximum atomic E-state index is 13.5. The highest BCUT2D eigenvalue weighted by atomic mass is 32.2. The second-order valence-corrected chi connectivity index (χ2v) is 10.3. The van der Waals surface area contributed by atoms with Gasteiger partial charge in [0.05, 0.1) is 23.3 Å². The van der Waals surface area contributed by atoms with Crippen molar-refractivity contribution in [3.8, 4) is 5.75 Å². The van der Waals surface area contributed by atoms with E-state index in [9.17, 15) is 13.8 Å². The number of para-hydroxylation sites is 1. The number of piperidine rings is 1. The van der Waals surface area contributed by atoms with Crippen LogP contribution in [0.5, 0.6) is 5.75 Å². The van der Waals surface area contributed by atoms with E-state index < -0.39 is 21.1 Å². The van der Waals surface area contributed by atoms with Crippen molar-refractivity contribution >= 4 is 28.3 Å². The van der Waals surface area contributed by atoms with Crippen LogP contribution < -0.4 is 9.64 Å². The van der Waals surface area contributed by atoms with Gasteiger partial charge in [0.25, 0.3) is 0 Å². The summed E-state index contributed by atoms with van der Waals surface area (Å²) in [6.07, 6.45) is 2.76. The zero-order valence-electron chi connectivity index (χ0n) is 17.6. The number of ether oxygens (including phenoxy) is 1. The monoisotopic (exact) mass is 438 g/mol. The van der Waals surface area contributed by atoms with Crippen molar-refractivity contribution in [2.75, 3.05) is 30.9 Å². The van der Waals surface area contributed by atoms with Crippen LogP contribution in [0.25, 0.3) is 0 Å². The Kier molecular flexibility index (Phi) is 4.88. The van der Waals surface area contributed by atoms with E-state index in [-0.39, 0.29) is 17.6 Å². The van der Waals surface area contributed by atoms with E-state index in [0.29, 0.717) is 25.9 Å². The topological polar surface area (TPSA) is 66.9 Å². The first-order valence-electron chi connectivity index (χ1n) is 10.7. The number of amides is 2. The van der Waals surface area contributed by atoms with Gasteiger partial charge in [-0.25, -0.2) is 0 Å². The minimum absolute atomic E-state index is 0.0542. The van der Waals surface area contributed by atoms with Gasteiger partial charge in [-0.05, 0) is 42.7 Å². The first kappa shape index (κ1) is 20.2. The van der Waals surface area contributed by atoms with Crippen molar-refractivity contribution in [2.45, 2.75) is 36.0 Å². The van der Waals surface area contributed by atoms with Gasteiger partial charge in [0.1, 0.15) is 16.4 Å². The van der Waals surface area contributed by atoms with Crippen LogP contribution in [0, 0.1) is 0 Å². The molecular formula is C24H26N2O4S. The molecule has 7 heteroatoms. The summed E-state index contributed by atoms with van der Waals surface area (Å²) in [5, 5.41) is 0. The Morgan fingerprint density at radius 3 is 2.19 bits per heavy atom. The van der Waals surface area contributed by atoms with Crippen LogP contribution in [0.15, 0.2) is 54.6 Å². The normalized spacial score (nSPS) is 23.8. The van der Waals surface area contributed by atoms with Crippen LogP contribution in [0.4, 0.5) is 5.69 Å². The third kappa shape index (κ3) is 3.17. The lowest BCUT2D eigenvalue weighted by Gasteiger charge is -2.44. The van der Waals surface area contributed by atoms with Gasteiger partial charge in [0, 0.05) is 31.6 Å². The van der Waals surface area contributed by atoms with Crippen molar-refractivity contribution in [1.82, 2.24) is 4.90 Å². The third-order valence-electron chi connectivity index (χ3n) is 6.98. The molecule has 0 N–H and O–H groups in total. The fourth-order valence-electron chi connectivity index (χ4n) is 5.07. The highest BCUT2D eigenvalue weighted by Crippen LogP contribution is 2.51. The number of benzene rings is 2. The van der Waals surface area contributed by atoms with Gasteiger partial charge in [-0.2, -0.15) is 0 Å². The van der Waals surface area contributed by atoms with Gasteiger partial charge < -0.3 is 9.64 Å². The molecule has 2 aromatic carbocycles. The highest BCUT2D eigenvalue weighted by Gasteiger charge is 2.57. The molecule has 1 aliphatic carbocycles. The van der Waals surface area contributed by atoms with Crippen molar-refractivity contribution in [2.24, 2.45) is 0 Å². The zero-order valence-corrected chi connectivity index (χ0v) is 18.4. The molecule has 31 heavy (non-hydrogen) atoms. The van der Waals surface area contributed by atoms with Gasteiger partial charge in [-0.3, -0.25) is 18.7 Å². The summed E-state index contributed by atoms with van der Waals surface area (Å²) in [4.78, 5) is 29.1. The second-order valence-electron chi connectivity index (χ2n) is 8.60. The van der Waals surface area contributed by atoms with E-state index in [1.807, 2.05) is 59.5 Å². The Bertz CT molecular complexity index is 1030. The predicted molar refractivity (Wildman–Crippen MR) is 119 cm³/mol.